The van der Waals surface area contributed by atoms with Crippen molar-refractivity contribution in [1.29, 1.82) is 0 Å². The van der Waals surface area contributed by atoms with Gasteiger partial charge in [0.2, 0.25) is 17.7 Å². The lowest BCUT2D eigenvalue weighted by atomic mass is 10.3. The van der Waals surface area contributed by atoms with Crippen LogP contribution in [0.25, 0.3) is 5.69 Å². The van der Waals surface area contributed by atoms with Crippen LogP contribution in [-0.2, 0) is 14.4 Å². The molecule has 1 aliphatic heterocycles. The van der Waals surface area contributed by atoms with Crippen LogP contribution in [0.4, 0.5) is 4.79 Å². The highest BCUT2D eigenvalue weighted by atomic mass is 32.2. The summed E-state index contributed by atoms with van der Waals surface area (Å²) in [6, 6.07) is 9.41. The Balaban J connectivity index is 1.44. The number of aromatic nitrogens is 3. The number of amides is 4. The molecule has 140 valence electrons. The average Bonchev–Trinajstić information content (AvgIpc) is 3.25. The summed E-state index contributed by atoms with van der Waals surface area (Å²) in [6.07, 6.45) is 1.33. The van der Waals surface area contributed by atoms with Crippen molar-refractivity contribution < 1.29 is 19.2 Å². The Hall–Kier alpha value is -2.86. The van der Waals surface area contributed by atoms with Crippen LogP contribution in [0.3, 0.4) is 0 Å². The van der Waals surface area contributed by atoms with Crippen molar-refractivity contribution >= 4 is 46.5 Å². The second kappa shape index (κ2) is 8.68. The molecule has 4 amide bonds. The molecule has 0 radical (unpaired) electrons. The van der Waals surface area contributed by atoms with E-state index in [9.17, 15) is 19.2 Å². The zero-order chi connectivity index (χ0) is 19.2. The summed E-state index contributed by atoms with van der Waals surface area (Å²) in [4.78, 5) is 46.1. The van der Waals surface area contributed by atoms with Crippen LogP contribution in [0.1, 0.15) is 6.42 Å². The second-order valence-corrected chi connectivity index (χ2v) is 7.41. The third kappa shape index (κ3) is 5.08. The van der Waals surface area contributed by atoms with E-state index in [1.807, 2.05) is 30.3 Å². The van der Waals surface area contributed by atoms with Crippen LogP contribution in [0.2, 0.25) is 0 Å². The summed E-state index contributed by atoms with van der Waals surface area (Å²) in [5, 5.41) is 9.17. The van der Waals surface area contributed by atoms with Crippen molar-refractivity contribution in [2.45, 2.75) is 16.8 Å². The molecular weight excluding hydrogens is 392 g/mol. The zero-order valence-corrected chi connectivity index (χ0v) is 15.4. The lowest BCUT2D eigenvalue weighted by Gasteiger charge is -2.09. The smallest absolute Gasteiger partial charge is 0.286 e. The minimum Gasteiger partial charge on any atom is -0.286 e. The molecule has 1 saturated heterocycles. The van der Waals surface area contributed by atoms with Crippen molar-refractivity contribution in [2.75, 3.05) is 5.75 Å². The summed E-state index contributed by atoms with van der Waals surface area (Å²) in [7, 11) is 0. The fourth-order valence-electron chi connectivity index (χ4n) is 2.14. The maximum absolute atomic E-state index is 11.9. The van der Waals surface area contributed by atoms with Gasteiger partial charge in [0.25, 0.3) is 5.24 Å². The molecular formula is C15H14N6O4S2. The lowest BCUT2D eigenvalue weighted by molar-refractivity contribution is -0.128. The number of rotatable bonds is 6. The van der Waals surface area contributed by atoms with Gasteiger partial charge in [-0.3, -0.25) is 39.9 Å². The van der Waals surface area contributed by atoms with Crippen LogP contribution in [0, 0.1) is 0 Å². The highest BCUT2D eigenvalue weighted by Crippen LogP contribution is 2.21. The van der Waals surface area contributed by atoms with Gasteiger partial charge in [-0.2, -0.15) is 0 Å². The molecule has 27 heavy (non-hydrogen) atoms. The molecule has 0 spiro atoms. The molecule has 2 aromatic rings. The topological polar surface area (TPSA) is 135 Å². The monoisotopic (exact) mass is 406 g/mol. The molecule has 2 heterocycles. The van der Waals surface area contributed by atoms with Crippen molar-refractivity contribution in [3.05, 3.63) is 36.7 Å². The number of carbonyl (C=O) groups is 4. The third-order valence-corrected chi connectivity index (χ3v) is 5.29. The molecule has 1 fully saturated rings. The van der Waals surface area contributed by atoms with Gasteiger partial charge < -0.3 is 0 Å². The SMILES string of the molecule is O=C(CSc1nncn1-c1ccccc1)NNC(=O)C[C@@H]1SC(=O)NC1=O. The minimum atomic E-state index is -0.784. The average molecular weight is 406 g/mol. The predicted octanol–water partition coefficient (Wildman–Crippen LogP) is 0.248. The van der Waals surface area contributed by atoms with Crippen LogP contribution in [0.5, 0.6) is 0 Å². The Morgan fingerprint density at radius 1 is 1.19 bits per heavy atom. The Kier molecular flexibility index (Phi) is 6.08. The van der Waals surface area contributed by atoms with Gasteiger partial charge in [-0.25, -0.2) is 0 Å². The Labute approximate surface area is 161 Å². The third-order valence-electron chi connectivity index (χ3n) is 3.36. The largest absolute Gasteiger partial charge is 0.286 e. The maximum Gasteiger partial charge on any atom is 0.286 e. The number of carbonyl (C=O) groups excluding carboxylic acids is 4. The first-order chi connectivity index (χ1) is 13.0. The maximum atomic E-state index is 11.9. The Morgan fingerprint density at radius 2 is 1.93 bits per heavy atom. The second-order valence-electron chi connectivity index (χ2n) is 5.29. The molecule has 1 aromatic carbocycles. The standard InChI is InChI=1S/C15H14N6O4S2/c22-11(6-10-13(24)17-15(25)27-10)18-19-12(23)7-26-14-20-16-8-21(14)9-4-2-1-3-5-9/h1-5,8,10H,6-7H2,(H,18,22)(H,19,23)(H,17,24,25)/t10-/m0/s1. The van der Waals surface area contributed by atoms with E-state index in [4.69, 9.17) is 0 Å². The van der Waals surface area contributed by atoms with E-state index in [1.165, 1.54) is 0 Å². The number of hydrogen-bond donors (Lipinski definition) is 3. The summed E-state index contributed by atoms with van der Waals surface area (Å²) in [5.41, 5.74) is 5.34. The molecule has 1 aliphatic rings. The van der Waals surface area contributed by atoms with E-state index in [-0.39, 0.29) is 12.2 Å². The number of nitrogens with one attached hydrogen (secondary N) is 3. The van der Waals surface area contributed by atoms with Gasteiger partial charge in [-0.05, 0) is 12.1 Å². The molecule has 3 N–H and O–H groups in total. The summed E-state index contributed by atoms with van der Waals surface area (Å²) in [6.45, 7) is 0. The first kappa shape index (κ1) is 18.9. The number of hydrogen-bond acceptors (Lipinski definition) is 8. The van der Waals surface area contributed by atoms with Gasteiger partial charge in [0.15, 0.2) is 5.16 Å². The van der Waals surface area contributed by atoms with E-state index < -0.39 is 28.2 Å². The molecule has 10 nitrogen and oxygen atoms in total. The van der Waals surface area contributed by atoms with Gasteiger partial charge >= 0.3 is 0 Å². The highest BCUT2D eigenvalue weighted by Gasteiger charge is 2.33. The first-order valence-electron chi connectivity index (χ1n) is 7.70. The van der Waals surface area contributed by atoms with E-state index in [0.717, 1.165) is 29.2 Å². The number of imide groups is 1. The van der Waals surface area contributed by atoms with Crippen LogP contribution in [0.15, 0.2) is 41.8 Å². The molecule has 12 heteroatoms. The van der Waals surface area contributed by atoms with Gasteiger partial charge in [-0.15, -0.1) is 10.2 Å². The zero-order valence-electron chi connectivity index (χ0n) is 13.7. The van der Waals surface area contributed by atoms with Crippen LogP contribution >= 0.6 is 23.5 Å². The Bertz CT molecular complexity index is 872. The predicted molar refractivity (Wildman–Crippen MR) is 97.9 cm³/mol. The van der Waals surface area contributed by atoms with Crippen molar-refractivity contribution in [1.82, 2.24) is 30.9 Å². The van der Waals surface area contributed by atoms with Gasteiger partial charge in [-0.1, -0.05) is 41.7 Å². The minimum absolute atomic E-state index is 0.00293. The highest BCUT2D eigenvalue weighted by molar-refractivity contribution is 8.15. The normalized spacial score (nSPS) is 16.1. The van der Waals surface area contributed by atoms with Gasteiger partial charge in [0, 0.05) is 12.1 Å². The number of thioether (sulfide) groups is 2. The quantitative estimate of drug-likeness (QED) is 0.459. The van der Waals surface area contributed by atoms with E-state index in [1.54, 1.807) is 10.9 Å². The van der Waals surface area contributed by atoms with Crippen molar-refractivity contribution in [2.24, 2.45) is 0 Å². The van der Waals surface area contributed by atoms with E-state index in [0.29, 0.717) is 5.16 Å². The molecule has 1 atom stereocenters. The lowest BCUT2D eigenvalue weighted by Crippen LogP contribution is -2.44. The van der Waals surface area contributed by atoms with Crippen LogP contribution < -0.4 is 16.2 Å². The van der Waals surface area contributed by atoms with E-state index in [2.05, 4.69) is 26.4 Å². The van der Waals surface area contributed by atoms with E-state index >= 15 is 0 Å². The molecule has 0 aliphatic carbocycles. The van der Waals surface area contributed by atoms with Crippen molar-refractivity contribution in [3.63, 3.8) is 0 Å². The summed E-state index contributed by atoms with van der Waals surface area (Å²) >= 11 is 1.90. The fourth-order valence-corrected chi connectivity index (χ4v) is 3.69. The van der Waals surface area contributed by atoms with Gasteiger partial charge in [0.1, 0.15) is 11.6 Å². The number of benzene rings is 1. The molecule has 1 aromatic heterocycles. The van der Waals surface area contributed by atoms with Crippen molar-refractivity contribution in [3.8, 4) is 5.69 Å². The van der Waals surface area contributed by atoms with Crippen LogP contribution in [-0.4, -0.2) is 48.7 Å². The molecule has 0 saturated carbocycles. The summed E-state index contributed by atoms with van der Waals surface area (Å²) in [5.74, 6) is -1.52. The number of hydrazine groups is 1. The number of para-hydroxylation sites is 1. The molecule has 0 bridgehead atoms. The Morgan fingerprint density at radius 3 is 2.63 bits per heavy atom. The molecule has 3 rings (SSSR count). The summed E-state index contributed by atoms with van der Waals surface area (Å²) < 4.78 is 1.74. The number of nitrogens with zero attached hydrogens (tertiary/aromatic N) is 3. The molecule has 0 unspecified atom stereocenters. The fraction of sp³-hybridized carbons (Fsp3) is 0.200. The first-order valence-corrected chi connectivity index (χ1v) is 9.57. The van der Waals surface area contributed by atoms with Gasteiger partial charge in [0.05, 0.1) is 5.75 Å².